The Hall–Kier alpha value is -1.22. The molecule has 1 aromatic heterocycles. The fourth-order valence-electron chi connectivity index (χ4n) is 1.99. The van der Waals surface area contributed by atoms with E-state index in [4.69, 9.17) is 9.47 Å². The Morgan fingerprint density at radius 2 is 2.35 bits per heavy atom. The zero-order valence-electron chi connectivity index (χ0n) is 11.5. The van der Waals surface area contributed by atoms with Crippen molar-refractivity contribution >= 4 is 15.8 Å². The first-order valence-corrected chi connectivity index (χ1v) is 7.76. The van der Waals surface area contributed by atoms with Gasteiger partial charge >= 0.3 is 0 Å². The van der Waals surface area contributed by atoms with Gasteiger partial charge in [0.05, 0.1) is 11.5 Å². The Bertz CT molecular complexity index is 556. The molecule has 0 aromatic carbocycles. The Balaban J connectivity index is 2.10. The van der Waals surface area contributed by atoms with Crippen LogP contribution in [0.4, 0.5) is 5.82 Å². The smallest absolute Gasteiger partial charge is 0.240 e. The van der Waals surface area contributed by atoms with Crippen molar-refractivity contribution in [2.45, 2.75) is 16.9 Å². The van der Waals surface area contributed by atoms with Gasteiger partial charge in [0.15, 0.2) is 0 Å². The third kappa shape index (κ3) is 3.26. The summed E-state index contributed by atoms with van der Waals surface area (Å²) in [7, 11) is -0.348. The van der Waals surface area contributed by atoms with E-state index in [2.05, 4.69) is 15.0 Å². The minimum Gasteiger partial charge on any atom is -0.378 e. The quantitative estimate of drug-likeness (QED) is 0.780. The van der Waals surface area contributed by atoms with E-state index in [1.165, 1.54) is 18.3 Å². The summed E-state index contributed by atoms with van der Waals surface area (Å²) in [5.74, 6) is 0.499. The number of hydrogen-bond acceptors (Lipinski definition) is 6. The molecule has 7 nitrogen and oxygen atoms in total. The third-order valence-electron chi connectivity index (χ3n) is 3.38. The van der Waals surface area contributed by atoms with E-state index in [1.807, 2.05) is 0 Å². The van der Waals surface area contributed by atoms with E-state index in [-0.39, 0.29) is 11.4 Å². The molecule has 0 radical (unpaired) electrons. The number of hydrogen-bond donors (Lipinski definition) is 2. The Labute approximate surface area is 118 Å². The molecule has 1 aliphatic heterocycles. The number of ether oxygens (including phenoxy) is 2. The molecule has 2 rings (SSSR count). The molecule has 1 saturated heterocycles. The first-order chi connectivity index (χ1) is 9.51. The number of anilines is 1. The van der Waals surface area contributed by atoms with Crippen LogP contribution in [0, 0.1) is 0 Å². The second-order valence-electron chi connectivity index (χ2n) is 4.64. The van der Waals surface area contributed by atoms with Gasteiger partial charge in [-0.2, -0.15) is 0 Å². The van der Waals surface area contributed by atoms with Gasteiger partial charge in [-0.1, -0.05) is 0 Å². The molecule has 0 spiro atoms. The fraction of sp³-hybridized carbons (Fsp3) is 0.583. The summed E-state index contributed by atoms with van der Waals surface area (Å²) in [6, 6.07) is 2.93. The molecule has 0 aliphatic carbocycles. The van der Waals surface area contributed by atoms with Crippen LogP contribution >= 0.6 is 0 Å². The third-order valence-corrected chi connectivity index (χ3v) is 4.78. The zero-order valence-corrected chi connectivity index (χ0v) is 12.4. The first kappa shape index (κ1) is 15.2. The van der Waals surface area contributed by atoms with Gasteiger partial charge in [-0.15, -0.1) is 0 Å². The molecule has 20 heavy (non-hydrogen) atoms. The molecule has 0 saturated carbocycles. The molecule has 0 bridgehead atoms. The Morgan fingerprint density at radius 3 is 2.95 bits per heavy atom. The lowest BCUT2D eigenvalue weighted by Crippen LogP contribution is -2.44. The summed E-state index contributed by atoms with van der Waals surface area (Å²) in [5.41, 5.74) is -0.577. The maximum atomic E-state index is 12.3. The number of nitrogens with zero attached hydrogens (tertiary/aromatic N) is 1. The highest BCUT2D eigenvalue weighted by Crippen LogP contribution is 2.22. The van der Waals surface area contributed by atoms with Gasteiger partial charge in [-0.25, -0.2) is 18.1 Å². The summed E-state index contributed by atoms with van der Waals surface area (Å²) in [6.07, 6.45) is 2.12. The van der Waals surface area contributed by atoms with Crippen molar-refractivity contribution in [3.63, 3.8) is 0 Å². The molecule has 1 fully saturated rings. The summed E-state index contributed by atoms with van der Waals surface area (Å²) < 4.78 is 37.8. The largest absolute Gasteiger partial charge is 0.378 e. The number of rotatable bonds is 6. The standard InChI is InChI=1S/C12H19N3O4S/c1-13-11-7-10(3-5-14-11)20(16,17)15-8-12(18-2)4-6-19-9-12/h3,5,7,15H,4,6,8-9H2,1-2H3,(H,13,14). The second kappa shape index (κ2) is 6.04. The Morgan fingerprint density at radius 1 is 1.55 bits per heavy atom. The van der Waals surface area contributed by atoms with Crippen LogP contribution < -0.4 is 10.0 Å². The SMILES string of the molecule is CNc1cc(S(=O)(=O)NCC2(OC)CCOC2)ccn1. The molecular weight excluding hydrogens is 282 g/mol. The molecule has 2 N–H and O–H groups in total. The summed E-state index contributed by atoms with van der Waals surface area (Å²) >= 11 is 0. The van der Waals surface area contributed by atoms with E-state index in [9.17, 15) is 8.42 Å². The van der Waals surface area contributed by atoms with Crippen LogP contribution in [0.15, 0.2) is 23.2 Å². The van der Waals surface area contributed by atoms with E-state index in [0.29, 0.717) is 25.5 Å². The molecule has 1 aliphatic rings. The van der Waals surface area contributed by atoms with Crippen molar-refractivity contribution < 1.29 is 17.9 Å². The van der Waals surface area contributed by atoms with Crippen LogP contribution in [0.3, 0.4) is 0 Å². The average Bonchev–Trinajstić information content (AvgIpc) is 2.95. The van der Waals surface area contributed by atoms with Gasteiger partial charge in [0.25, 0.3) is 0 Å². The summed E-state index contributed by atoms with van der Waals surface area (Å²) in [4.78, 5) is 4.16. The maximum absolute atomic E-state index is 12.3. The average molecular weight is 301 g/mol. The highest BCUT2D eigenvalue weighted by Gasteiger charge is 2.36. The van der Waals surface area contributed by atoms with Crippen LogP contribution in [-0.4, -0.2) is 52.9 Å². The van der Waals surface area contributed by atoms with Gasteiger partial charge in [-0.3, -0.25) is 0 Å². The van der Waals surface area contributed by atoms with Crippen molar-refractivity contribution in [3.05, 3.63) is 18.3 Å². The first-order valence-electron chi connectivity index (χ1n) is 6.28. The molecule has 1 unspecified atom stereocenters. The van der Waals surface area contributed by atoms with Crippen molar-refractivity contribution in [2.75, 3.05) is 39.2 Å². The Kier molecular flexibility index (Phi) is 4.59. The monoisotopic (exact) mass is 301 g/mol. The van der Waals surface area contributed by atoms with E-state index < -0.39 is 15.6 Å². The van der Waals surface area contributed by atoms with E-state index >= 15 is 0 Å². The lowest BCUT2D eigenvalue weighted by Gasteiger charge is -2.25. The summed E-state index contributed by atoms with van der Waals surface area (Å²) in [5, 5.41) is 2.81. The molecule has 1 atom stereocenters. The van der Waals surface area contributed by atoms with Gasteiger partial charge in [-0.05, 0) is 6.07 Å². The van der Waals surface area contributed by atoms with Crippen molar-refractivity contribution in [1.29, 1.82) is 0 Å². The highest BCUT2D eigenvalue weighted by atomic mass is 32.2. The molecule has 0 amide bonds. The number of sulfonamides is 1. The molecule has 8 heteroatoms. The van der Waals surface area contributed by atoms with E-state index in [1.54, 1.807) is 14.2 Å². The van der Waals surface area contributed by atoms with E-state index in [0.717, 1.165) is 0 Å². The topological polar surface area (TPSA) is 89.6 Å². The maximum Gasteiger partial charge on any atom is 0.240 e. The predicted octanol–water partition coefficient (Wildman–Crippen LogP) is 0.207. The minimum absolute atomic E-state index is 0.169. The van der Waals surface area contributed by atoms with Crippen molar-refractivity contribution in [1.82, 2.24) is 9.71 Å². The predicted molar refractivity (Wildman–Crippen MR) is 74.1 cm³/mol. The molecule has 112 valence electrons. The lowest BCUT2D eigenvalue weighted by molar-refractivity contribution is -0.0120. The van der Waals surface area contributed by atoms with Gasteiger partial charge in [0, 0.05) is 46.0 Å². The van der Waals surface area contributed by atoms with Gasteiger partial charge in [0.2, 0.25) is 10.0 Å². The van der Waals surface area contributed by atoms with Crippen molar-refractivity contribution in [3.8, 4) is 0 Å². The van der Waals surface area contributed by atoms with Crippen LogP contribution in [0.25, 0.3) is 0 Å². The molecule has 1 aromatic rings. The number of aromatic nitrogens is 1. The zero-order chi connectivity index (χ0) is 14.6. The van der Waals surface area contributed by atoms with Crippen LogP contribution in [0.2, 0.25) is 0 Å². The number of pyridine rings is 1. The number of nitrogens with one attached hydrogen (secondary N) is 2. The van der Waals surface area contributed by atoms with Crippen LogP contribution in [0.5, 0.6) is 0 Å². The number of methoxy groups -OCH3 is 1. The lowest BCUT2D eigenvalue weighted by atomic mass is 10.0. The highest BCUT2D eigenvalue weighted by molar-refractivity contribution is 7.89. The second-order valence-corrected chi connectivity index (χ2v) is 6.41. The normalized spacial score (nSPS) is 22.9. The van der Waals surface area contributed by atoms with Gasteiger partial charge < -0.3 is 14.8 Å². The summed E-state index contributed by atoms with van der Waals surface area (Å²) in [6.45, 7) is 1.15. The van der Waals surface area contributed by atoms with Gasteiger partial charge in [0.1, 0.15) is 11.4 Å². The van der Waals surface area contributed by atoms with Crippen molar-refractivity contribution in [2.24, 2.45) is 0 Å². The van der Waals surface area contributed by atoms with Crippen LogP contribution in [0.1, 0.15) is 6.42 Å². The van der Waals surface area contributed by atoms with Crippen LogP contribution in [-0.2, 0) is 19.5 Å². The minimum atomic E-state index is -3.59. The molecular formula is C12H19N3O4S. The molecule has 2 heterocycles. The fourth-order valence-corrected chi connectivity index (χ4v) is 3.11.